The van der Waals surface area contributed by atoms with Gasteiger partial charge in [0.05, 0.1) is 6.42 Å². The first-order valence-electron chi connectivity index (χ1n) is 4.98. The van der Waals surface area contributed by atoms with E-state index in [9.17, 15) is 4.79 Å². The van der Waals surface area contributed by atoms with E-state index < -0.39 is 0 Å². The molecule has 0 saturated heterocycles. The molecular formula is C11H13N3OS. The molecule has 1 aromatic rings. The Morgan fingerprint density at radius 3 is 2.94 bits per heavy atom. The zero-order valence-electron chi connectivity index (χ0n) is 8.99. The average Bonchev–Trinajstić information content (AvgIpc) is 2.19. The van der Waals surface area contributed by atoms with Crippen molar-refractivity contribution in [3.63, 3.8) is 0 Å². The number of rotatable bonds is 1. The Kier molecular flexibility index (Phi) is 2.78. The Morgan fingerprint density at radius 2 is 2.25 bits per heavy atom. The monoisotopic (exact) mass is 235 g/mol. The molecule has 2 rings (SSSR count). The topological polar surface area (TPSA) is 58.4 Å². The van der Waals surface area contributed by atoms with Crippen LogP contribution in [0.1, 0.15) is 11.1 Å². The second-order valence-corrected chi connectivity index (χ2v) is 4.34. The Hall–Kier alpha value is -1.62. The molecule has 0 fully saturated rings. The van der Waals surface area contributed by atoms with Crippen molar-refractivity contribution in [2.45, 2.75) is 13.0 Å². The molecule has 1 aliphatic heterocycles. The minimum absolute atomic E-state index is 0.155. The maximum atomic E-state index is 11.5. The van der Waals surface area contributed by atoms with Gasteiger partial charge in [0, 0.05) is 19.3 Å². The van der Waals surface area contributed by atoms with E-state index in [4.69, 9.17) is 18.0 Å². The van der Waals surface area contributed by atoms with Crippen molar-refractivity contribution in [3.8, 4) is 0 Å². The third-order valence-corrected chi connectivity index (χ3v) is 2.75. The maximum Gasteiger partial charge on any atom is 0.227 e. The van der Waals surface area contributed by atoms with Crippen LogP contribution in [0, 0.1) is 0 Å². The molecule has 16 heavy (non-hydrogen) atoms. The van der Waals surface area contributed by atoms with Crippen molar-refractivity contribution >= 4 is 28.9 Å². The van der Waals surface area contributed by atoms with Crippen LogP contribution in [0.2, 0.25) is 0 Å². The number of anilines is 1. The molecule has 1 heterocycles. The standard InChI is InChI=1S/C11H13N3OS/c1-14-6-8-4-9(13-11(12)16)3-2-7(8)5-10(14)15/h2-4H,5-6H2,1H3,(H3,12,13,16). The first-order chi connectivity index (χ1) is 7.56. The molecule has 1 aromatic carbocycles. The lowest BCUT2D eigenvalue weighted by Crippen LogP contribution is -2.32. The van der Waals surface area contributed by atoms with Crippen molar-refractivity contribution in [3.05, 3.63) is 29.3 Å². The molecule has 1 amide bonds. The molecule has 0 bridgehead atoms. The van der Waals surface area contributed by atoms with Crippen LogP contribution >= 0.6 is 12.2 Å². The lowest BCUT2D eigenvalue weighted by Gasteiger charge is -2.25. The predicted molar refractivity (Wildman–Crippen MR) is 67.0 cm³/mol. The van der Waals surface area contributed by atoms with Crippen LogP contribution in [-0.4, -0.2) is 23.0 Å². The average molecular weight is 235 g/mol. The van der Waals surface area contributed by atoms with Crippen LogP contribution in [0.4, 0.5) is 5.69 Å². The van der Waals surface area contributed by atoms with Gasteiger partial charge in [-0.3, -0.25) is 4.79 Å². The second-order valence-electron chi connectivity index (χ2n) is 3.90. The number of carbonyl (C=O) groups excluding carboxylic acids is 1. The molecule has 5 heteroatoms. The summed E-state index contributed by atoms with van der Waals surface area (Å²) in [7, 11) is 1.80. The molecule has 0 aliphatic carbocycles. The van der Waals surface area contributed by atoms with Crippen LogP contribution in [0.15, 0.2) is 18.2 Å². The number of nitrogens with zero attached hydrogens (tertiary/aromatic N) is 1. The van der Waals surface area contributed by atoms with Gasteiger partial charge in [-0.1, -0.05) is 6.07 Å². The number of hydrogen-bond acceptors (Lipinski definition) is 2. The highest BCUT2D eigenvalue weighted by atomic mass is 32.1. The van der Waals surface area contributed by atoms with E-state index in [0.717, 1.165) is 16.8 Å². The number of hydrogen-bond donors (Lipinski definition) is 2. The van der Waals surface area contributed by atoms with Crippen LogP contribution in [0.5, 0.6) is 0 Å². The Labute approximate surface area is 99.4 Å². The van der Waals surface area contributed by atoms with Gasteiger partial charge >= 0.3 is 0 Å². The summed E-state index contributed by atoms with van der Waals surface area (Å²) in [6, 6.07) is 5.81. The summed E-state index contributed by atoms with van der Waals surface area (Å²) in [4.78, 5) is 13.2. The first-order valence-corrected chi connectivity index (χ1v) is 5.39. The van der Waals surface area contributed by atoms with Gasteiger partial charge in [0.25, 0.3) is 0 Å². The summed E-state index contributed by atoms with van der Waals surface area (Å²) >= 11 is 4.78. The fourth-order valence-electron chi connectivity index (χ4n) is 1.81. The van der Waals surface area contributed by atoms with Crippen molar-refractivity contribution < 1.29 is 4.79 Å². The number of thiocarbonyl (C=S) groups is 1. The Morgan fingerprint density at radius 1 is 1.50 bits per heavy atom. The number of carbonyl (C=O) groups is 1. The molecule has 84 valence electrons. The van der Waals surface area contributed by atoms with Gasteiger partial charge in [-0.05, 0) is 35.5 Å². The van der Waals surface area contributed by atoms with Crippen molar-refractivity contribution in [2.24, 2.45) is 5.73 Å². The minimum atomic E-state index is 0.155. The largest absolute Gasteiger partial charge is 0.376 e. The van der Waals surface area contributed by atoms with Crippen LogP contribution in [0.25, 0.3) is 0 Å². The molecule has 0 aromatic heterocycles. The highest BCUT2D eigenvalue weighted by Crippen LogP contribution is 2.22. The molecular weight excluding hydrogens is 222 g/mol. The molecule has 0 saturated carbocycles. The fourth-order valence-corrected chi connectivity index (χ4v) is 1.93. The molecule has 0 spiro atoms. The zero-order valence-corrected chi connectivity index (χ0v) is 9.80. The summed E-state index contributed by atoms with van der Waals surface area (Å²) in [5.74, 6) is 0.155. The van der Waals surface area contributed by atoms with Gasteiger partial charge in [-0.25, -0.2) is 0 Å². The molecule has 4 nitrogen and oxygen atoms in total. The predicted octanol–water partition coefficient (Wildman–Crippen LogP) is 0.857. The fraction of sp³-hybridized carbons (Fsp3) is 0.273. The summed E-state index contributed by atoms with van der Waals surface area (Å²) in [6.07, 6.45) is 0.471. The van der Waals surface area contributed by atoms with Crippen LogP contribution in [-0.2, 0) is 17.8 Å². The van der Waals surface area contributed by atoms with Gasteiger partial charge in [-0.2, -0.15) is 0 Å². The van der Waals surface area contributed by atoms with E-state index in [-0.39, 0.29) is 11.0 Å². The van der Waals surface area contributed by atoms with E-state index in [1.54, 1.807) is 11.9 Å². The maximum absolute atomic E-state index is 11.5. The van der Waals surface area contributed by atoms with E-state index in [1.807, 2.05) is 18.2 Å². The van der Waals surface area contributed by atoms with Gasteiger partial charge in [0.1, 0.15) is 0 Å². The number of nitrogens with two attached hydrogens (primary N) is 1. The quantitative estimate of drug-likeness (QED) is 0.709. The van der Waals surface area contributed by atoms with Crippen molar-refractivity contribution in [2.75, 3.05) is 12.4 Å². The van der Waals surface area contributed by atoms with E-state index in [1.165, 1.54) is 0 Å². The SMILES string of the molecule is CN1Cc2cc(NC(N)=S)ccc2CC1=O. The number of benzene rings is 1. The molecule has 0 unspecified atom stereocenters. The van der Waals surface area contributed by atoms with E-state index >= 15 is 0 Å². The third kappa shape index (κ3) is 2.14. The highest BCUT2D eigenvalue weighted by Gasteiger charge is 2.19. The summed E-state index contributed by atoms with van der Waals surface area (Å²) in [6.45, 7) is 0.640. The minimum Gasteiger partial charge on any atom is -0.376 e. The molecule has 0 radical (unpaired) electrons. The van der Waals surface area contributed by atoms with E-state index in [0.29, 0.717) is 13.0 Å². The number of nitrogens with one attached hydrogen (secondary N) is 1. The Balaban J connectivity index is 2.29. The number of amides is 1. The number of fused-ring (bicyclic) bond motifs is 1. The van der Waals surface area contributed by atoms with Crippen molar-refractivity contribution in [1.82, 2.24) is 4.90 Å². The van der Waals surface area contributed by atoms with Gasteiger partial charge in [0.2, 0.25) is 5.91 Å². The van der Waals surface area contributed by atoms with E-state index in [2.05, 4.69) is 5.32 Å². The summed E-state index contributed by atoms with van der Waals surface area (Å²) < 4.78 is 0. The molecule has 0 atom stereocenters. The normalized spacial score (nSPS) is 14.6. The van der Waals surface area contributed by atoms with Gasteiger partial charge in [-0.15, -0.1) is 0 Å². The highest BCUT2D eigenvalue weighted by molar-refractivity contribution is 7.80. The van der Waals surface area contributed by atoms with Crippen LogP contribution < -0.4 is 11.1 Å². The number of likely N-dealkylation sites (N-methyl/N-ethyl adjacent to an activating group) is 1. The van der Waals surface area contributed by atoms with Crippen molar-refractivity contribution in [1.29, 1.82) is 0 Å². The van der Waals surface area contributed by atoms with Gasteiger partial charge < -0.3 is 16.0 Å². The first kappa shape index (κ1) is 10.9. The molecule has 1 aliphatic rings. The second kappa shape index (κ2) is 4.09. The zero-order chi connectivity index (χ0) is 11.7. The van der Waals surface area contributed by atoms with Gasteiger partial charge in [0.15, 0.2) is 5.11 Å². The molecule has 3 N–H and O–H groups in total. The Bertz CT molecular complexity index is 459. The lowest BCUT2D eigenvalue weighted by atomic mass is 9.99. The smallest absolute Gasteiger partial charge is 0.227 e. The third-order valence-electron chi connectivity index (χ3n) is 2.65. The van der Waals surface area contributed by atoms with Crippen LogP contribution in [0.3, 0.4) is 0 Å². The summed E-state index contributed by atoms with van der Waals surface area (Å²) in [5.41, 5.74) is 8.50. The summed E-state index contributed by atoms with van der Waals surface area (Å²) in [5, 5.41) is 3.14. The lowest BCUT2D eigenvalue weighted by molar-refractivity contribution is -0.130.